The molecular formula is C34H49N3O4S. The highest BCUT2D eigenvalue weighted by Crippen LogP contribution is 2.33. The fraction of sp³-hybridized carbons (Fsp3) is 0.559. The summed E-state index contributed by atoms with van der Waals surface area (Å²) in [6.07, 6.45) is 20.4. The molecule has 0 aromatic heterocycles. The molecule has 0 fully saturated rings. The van der Waals surface area contributed by atoms with Crippen molar-refractivity contribution in [2.24, 2.45) is 4.99 Å². The van der Waals surface area contributed by atoms with Gasteiger partial charge in [0.05, 0.1) is 17.8 Å². The second kappa shape index (κ2) is 18.5. The Labute approximate surface area is 253 Å². The average Bonchev–Trinajstić information content (AvgIpc) is 2.98. The number of hydrogen-bond donors (Lipinski definition) is 1. The van der Waals surface area contributed by atoms with Crippen LogP contribution in [0.2, 0.25) is 0 Å². The number of fused-ring (bicyclic) bond motifs is 1. The van der Waals surface area contributed by atoms with Crippen LogP contribution in [0.3, 0.4) is 0 Å². The first-order valence-corrected chi connectivity index (χ1v) is 17.4. The van der Waals surface area contributed by atoms with Gasteiger partial charge in [-0.15, -0.1) is 0 Å². The van der Waals surface area contributed by atoms with Gasteiger partial charge in [-0.3, -0.25) is 13.9 Å². The minimum Gasteiger partial charge on any atom is -0.325 e. The predicted octanol–water partition coefficient (Wildman–Crippen LogP) is 8.82. The van der Waals surface area contributed by atoms with Gasteiger partial charge in [0.15, 0.2) is 6.29 Å². The number of para-hydroxylation sites is 2. The Morgan fingerprint density at radius 3 is 1.88 bits per heavy atom. The molecule has 1 amide bonds. The van der Waals surface area contributed by atoms with Gasteiger partial charge >= 0.3 is 0 Å². The first-order valence-electron chi connectivity index (χ1n) is 16.0. The Morgan fingerprint density at radius 1 is 0.762 bits per heavy atom. The summed E-state index contributed by atoms with van der Waals surface area (Å²) in [4.78, 5) is 29.0. The number of aldehydes is 1. The van der Waals surface area contributed by atoms with E-state index in [1.54, 1.807) is 48.5 Å². The molecule has 0 spiro atoms. The van der Waals surface area contributed by atoms with Crippen molar-refractivity contribution in [3.8, 4) is 0 Å². The molecule has 0 radical (unpaired) electrons. The van der Waals surface area contributed by atoms with Crippen LogP contribution in [0.4, 0.5) is 11.4 Å². The van der Waals surface area contributed by atoms with E-state index in [4.69, 9.17) is 0 Å². The highest BCUT2D eigenvalue weighted by atomic mass is 32.2. The summed E-state index contributed by atoms with van der Waals surface area (Å²) >= 11 is 0. The van der Waals surface area contributed by atoms with Gasteiger partial charge in [-0.1, -0.05) is 128 Å². The number of rotatable bonds is 21. The molecule has 0 bridgehead atoms. The van der Waals surface area contributed by atoms with Crippen LogP contribution in [0.25, 0.3) is 0 Å². The molecule has 2 aromatic carbocycles. The largest absolute Gasteiger partial charge is 0.325 e. The minimum atomic E-state index is -3.82. The third-order valence-corrected chi connectivity index (χ3v) is 9.74. The third kappa shape index (κ3) is 10.7. The van der Waals surface area contributed by atoms with E-state index in [2.05, 4.69) is 17.2 Å². The number of nitrogens with one attached hydrogen (secondary N) is 1. The maximum Gasteiger partial charge on any atom is 0.267 e. The summed E-state index contributed by atoms with van der Waals surface area (Å²) in [5.41, 5.74) is 1.10. The summed E-state index contributed by atoms with van der Waals surface area (Å²) in [5.74, 6) is -0.217. The van der Waals surface area contributed by atoms with Crippen molar-refractivity contribution >= 4 is 39.4 Å². The predicted molar refractivity (Wildman–Crippen MR) is 172 cm³/mol. The lowest BCUT2D eigenvalue weighted by atomic mass is 10.0. The second-order valence-corrected chi connectivity index (χ2v) is 13.1. The van der Waals surface area contributed by atoms with E-state index in [9.17, 15) is 18.0 Å². The van der Waals surface area contributed by atoms with E-state index in [-0.39, 0.29) is 23.7 Å². The Balaban J connectivity index is 1.41. The molecule has 230 valence electrons. The van der Waals surface area contributed by atoms with Crippen LogP contribution in [0.15, 0.2) is 58.4 Å². The minimum absolute atomic E-state index is 0.164. The summed E-state index contributed by atoms with van der Waals surface area (Å²) < 4.78 is 28.3. The van der Waals surface area contributed by atoms with Gasteiger partial charge in [-0.25, -0.2) is 13.4 Å². The highest BCUT2D eigenvalue weighted by molar-refractivity contribution is 7.90. The zero-order valence-corrected chi connectivity index (χ0v) is 26.2. The van der Waals surface area contributed by atoms with Crippen LogP contribution in [0.5, 0.6) is 0 Å². The Bertz CT molecular complexity index is 1260. The van der Waals surface area contributed by atoms with Crippen molar-refractivity contribution in [3.63, 3.8) is 0 Å². The fourth-order valence-corrected chi connectivity index (χ4v) is 7.07. The standard InChI is InChI=1S/C34H49N3O4S/c1-2-3-4-5-6-7-8-9-10-11-12-13-14-15-16-21-26-37-33(35-31-24-19-20-25-32(31)42(37,40)41)27-34(39)36-30-23-18-17-22-29(30)28-38/h17-20,22-25,28H,2-16,21,26-27H2,1H3,(H,36,39). The number of hydrogen-bond acceptors (Lipinski definition) is 5. The second-order valence-electron chi connectivity index (χ2n) is 11.3. The summed E-state index contributed by atoms with van der Waals surface area (Å²) in [6, 6.07) is 13.3. The van der Waals surface area contributed by atoms with Crippen molar-refractivity contribution < 1.29 is 18.0 Å². The van der Waals surface area contributed by atoms with Crippen LogP contribution in [0.1, 0.15) is 126 Å². The van der Waals surface area contributed by atoms with Crippen LogP contribution >= 0.6 is 0 Å². The number of aliphatic imine (C=N–C) groups is 1. The van der Waals surface area contributed by atoms with Crippen molar-refractivity contribution in [1.82, 2.24) is 4.31 Å². The number of unbranched alkanes of at least 4 members (excludes halogenated alkanes) is 15. The van der Waals surface area contributed by atoms with E-state index >= 15 is 0 Å². The summed E-state index contributed by atoms with van der Waals surface area (Å²) in [5, 5.41) is 2.73. The van der Waals surface area contributed by atoms with Gasteiger partial charge in [0.25, 0.3) is 10.0 Å². The first kappa shape index (κ1) is 33.5. The number of sulfonamides is 1. The molecule has 1 N–H and O–H groups in total. The topological polar surface area (TPSA) is 95.9 Å². The molecule has 0 saturated heterocycles. The summed E-state index contributed by atoms with van der Waals surface area (Å²) in [7, 11) is -3.82. The highest BCUT2D eigenvalue weighted by Gasteiger charge is 2.34. The summed E-state index contributed by atoms with van der Waals surface area (Å²) in [6.45, 7) is 2.55. The zero-order valence-electron chi connectivity index (χ0n) is 25.4. The van der Waals surface area contributed by atoms with Gasteiger partial charge < -0.3 is 5.32 Å². The quantitative estimate of drug-likeness (QED) is 0.115. The van der Waals surface area contributed by atoms with Crippen LogP contribution < -0.4 is 5.32 Å². The van der Waals surface area contributed by atoms with Gasteiger partial charge in [-0.2, -0.15) is 0 Å². The molecule has 0 aliphatic carbocycles. The van der Waals surface area contributed by atoms with Gasteiger partial charge in [0.2, 0.25) is 5.91 Å². The molecule has 8 heteroatoms. The van der Waals surface area contributed by atoms with Crippen molar-refractivity contribution in [3.05, 3.63) is 54.1 Å². The lowest BCUT2D eigenvalue weighted by Gasteiger charge is -2.29. The number of amidine groups is 1. The van der Waals surface area contributed by atoms with Gasteiger partial charge in [0.1, 0.15) is 10.7 Å². The van der Waals surface area contributed by atoms with E-state index in [0.717, 1.165) is 19.3 Å². The van der Waals surface area contributed by atoms with Crippen LogP contribution in [0, 0.1) is 0 Å². The number of nitrogens with zero attached hydrogens (tertiary/aromatic N) is 2. The maximum atomic E-state index is 13.5. The van der Waals surface area contributed by atoms with Crippen molar-refractivity contribution in [2.45, 2.75) is 121 Å². The Kier molecular flexibility index (Phi) is 14.8. The molecule has 3 rings (SSSR count). The van der Waals surface area contributed by atoms with Crippen LogP contribution in [-0.2, 0) is 14.8 Å². The SMILES string of the molecule is CCCCCCCCCCCCCCCCCCN1C(CC(=O)Nc2ccccc2C=O)=Nc2ccccc2S1(=O)=O. The first-order chi connectivity index (χ1) is 20.5. The Hall–Kier alpha value is -3.00. The molecule has 1 heterocycles. The van der Waals surface area contributed by atoms with E-state index in [0.29, 0.717) is 29.6 Å². The third-order valence-electron chi connectivity index (χ3n) is 7.87. The number of amides is 1. The fourth-order valence-electron chi connectivity index (χ4n) is 5.45. The number of carbonyl (C=O) groups is 2. The van der Waals surface area contributed by atoms with E-state index < -0.39 is 15.9 Å². The number of anilines is 1. The van der Waals surface area contributed by atoms with Gasteiger partial charge in [0, 0.05) is 12.1 Å². The van der Waals surface area contributed by atoms with E-state index in [1.807, 2.05) is 0 Å². The molecule has 1 aliphatic heterocycles. The lowest BCUT2D eigenvalue weighted by Crippen LogP contribution is -2.41. The molecule has 0 saturated carbocycles. The van der Waals surface area contributed by atoms with Crippen LogP contribution in [-0.4, -0.2) is 37.3 Å². The molecular weight excluding hydrogens is 546 g/mol. The molecule has 2 aromatic rings. The molecule has 1 aliphatic rings. The smallest absolute Gasteiger partial charge is 0.267 e. The zero-order chi connectivity index (χ0) is 30.0. The molecule has 0 unspecified atom stereocenters. The lowest BCUT2D eigenvalue weighted by molar-refractivity contribution is -0.115. The van der Waals surface area contributed by atoms with Crippen molar-refractivity contribution in [2.75, 3.05) is 11.9 Å². The number of benzene rings is 2. The van der Waals surface area contributed by atoms with E-state index in [1.165, 1.54) is 81.4 Å². The van der Waals surface area contributed by atoms with Gasteiger partial charge in [-0.05, 0) is 30.7 Å². The monoisotopic (exact) mass is 595 g/mol. The average molecular weight is 596 g/mol. The molecule has 42 heavy (non-hydrogen) atoms. The normalized spacial score (nSPS) is 13.8. The Morgan fingerprint density at radius 2 is 1.29 bits per heavy atom. The molecule has 0 atom stereocenters. The molecule has 7 nitrogen and oxygen atoms in total. The maximum absolute atomic E-state index is 13.5. The van der Waals surface area contributed by atoms with Crippen molar-refractivity contribution in [1.29, 1.82) is 0 Å². The number of carbonyl (C=O) groups excluding carboxylic acids is 2.